The maximum absolute atomic E-state index is 12.4. The van der Waals surface area contributed by atoms with Crippen LogP contribution in [0.15, 0.2) is 24.3 Å². The molecule has 0 spiro atoms. The van der Waals surface area contributed by atoms with Gasteiger partial charge in [-0.1, -0.05) is 6.07 Å². The van der Waals surface area contributed by atoms with E-state index in [2.05, 4.69) is 4.98 Å². The van der Waals surface area contributed by atoms with Crippen molar-refractivity contribution >= 4 is 10.9 Å². The van der Waals surface area contributed by atoms with Gasteiger partial charge in [0.2, 0.25) is 0 Å². The summed E-state index contributed by atoms with van der Waals surface area (Å²) in [5.41, 5.74) is 2.32. The molecule has 0 aliphatic rings. The molecule has 3 N–H and O–H groups in total. The number of H-pyrrole nitrogens is 1. The third-order valence-electron chi connectivity index (χ3n) is 2.27. The lowest BCUT2D eigenvalue weighted by Crippen LogP contribution is -2.05. The van der Waals surface area contributed by atoms with Crippen molar-refractivity contribution < 1.29 is 18.4 Å². The second-order valence-electron chi connectivity index (χ2n) is 3.44. The number of hydrogen-bond acceptors (Lipinski definition) is 2. The van der Waals surface area contributed by atoms with Gasteiger partial charge in [0.15, 0.2) is 0 Å². The van der Waals surface area contributed by atoms with Gasteiger partial charge in [0, 0.05) is 17.4 Å². The van der Waals surface area contributed by atoms with Crippen LogP contribution in [0.1, 0.15) is 11.3 Å². The fourth-order valence-corrected chi connectivity index (χ4v) is 1.54. The summed E-state index contributed by atoms with van der Waals surface area (Å²) >= 11 is 0. The summed E-state index contributed by atoms with van der Waals surface area (Å²) < 4.78 is 37.2. The molecule has 0 unspecified atom stereocenters. The van der Waals surface area contributed by atoms with Gasteiger partial charge in [-0.3, -0.25) is 0 Å². The molecular weight excluding hydrogens is 221 g/mol. The quantitative estimate of drug-likeness (QED) is 0.694. The minimum atomic E-state index is -4.37. The molecule has 16 heavy (non-hydrogen) atoms. The molecule has 1 aromatic carbocycles. The Kier molecular flexibility index (Phi) is 2.61. The van der Waals surface area contributed by atoms with Crippen LogP contribution in [0.2, 0.25) is 0 Å². The number of alkyl halides is 3. The second kappa shape index (κ2) is 3.80. The molecule has 0 bridgehead atoms. The molecule has 0 radical (unpaired) electrons. The van der Waals surface area contributed by atoms with Gasteiger partial charge in [-0.2, -0.15) is 13.2 Å². The highest BCUT2D eigenvalue weighted by Gasteiger charge is 2.32. The molecule has 0 aliphatic heterocycles. The van der Waals surface area contributed by atoms with Crippen molar-refractivity contribution in [3.63, 3.8) is 0 Å². The van der Waals surface area contributed by atoms with Crippen LogP contribution >= 0.6 is 0 Å². The summed E-state index contributed by atoms with van der Waals surface area (Å²) in [7, 11) is 0. The van der Waals surface area contributed by atoms with Gasteiger partial charge in [0.1, 0.15) is 5.69 Å². The first-order valence-electron chi connectivity index (χ1n) is 4.56. The Morgan fingerprint density at radius 3 is 2.62 bits per heavy atom. The van der Waals surface area contributed by atoms with Crippen LogP contribution in [-0.4, -0.2) is 10.2 Å². The van der Waals surface area contributed by atoms with Gasteiger partial charge in [-0.15, -0.1) is 0 Å². The Bertz CT molecular complexity index is 504. The Morgan fingerprint density at radius 1 is 1.25 bits per heavy atom. The lowest BCUT2D eigenvalue weighted by molar-refractivity contribution is -0.140. The Balaban J connectivity index is 2.46. The maximum Gasteiger partial charge on any atom is 0.431 e. The van der Waals surface area contributed by atoms with Crippen molar-refractivity contribution in [2.45, 2.75) is 12.7 Å². The minimum Gasteiger partial charge on any atom is -0.351 e. The average molecular weight is 230 g/mol. The normalized spacial score (nSPS) is 12.2. The van der Waals surface area contributed by atoms with Crippen LogP contribution in [0, 0.1) is 0 Å². The number of hydrogen-bond donors (Lipinski definition) is 3. The molecule has 2 rings (SSSR count). The molecule has 0 atom stereocenters. The van der Waals surface area contributed by atoms with Crippen molar-refractivity contribution in [1.29, 1.82) is 0 Å². The average Bonchev–Trinajstić information content (AvgIpc) is 2.60. The predicted octanol–water partition coefficient (Wildman–Crippen LogP) is 2.67. The molecule has 2 aromatic rings. The number of halogens is 3. The molecule has 1 heterocycles. The minimum absolute atomic E-state index is 0.197. The van der Waals surface area contributed by atoms with E-state index >= 15 is 0 Å². The summed E-state index contributed by atoms with van der Waals surface area (Å²) in [6, 6.07) is 5.83. The van der Waals surface area contributed by atoms with Gasteiger partial charge >= 0.3 is 6.18 Å². The molecule has 0 amide bonds. The largest absolute Gasteiger partial charge is 0.431 e. The van der Waals surface area contributed by atoms with E-state index in [1.165, 1.54) is 0 Å². The molecule has 0 aliphatic carbocycles. The van der Waals surface area contributed by atoms with Crippen LogP contribution in [-0.2, 0) is 12.7 Å². The van der Waals surface area contributed by atoms with Crippen LogP contribution in [0.25, 0.3) is 10.9 Å². The van der Waals surface area contributed by atoms with Crippen LogP contribution in [0.5, 0.6) is 0 Å². The fraction of sp³-hybridized carbons (Fsp3) is 0.200. The smallest absolute Gasteiger partial charge is 0.351 e. The predicted molar refractivity (Wildman–Crippen MR) is 51.9 cm³/mol. The molecule has 86 valence electrons. The number of aromatic amines is 1. The summed E-state index contributed by atoms with van der Waals surface area (Å²) in [5.74, 6) is 0. The summed E-state index contributed by atoms with van der Waals surface area (Å²) in [5, 5.41) is 8.96. The van der Waals surface area contributed by atoms with Gasteiger partial charge in [0.25, 0.3) is 0 Å². The van der Waals surface area contributed by atoms with E-state index < -0.39 is 11.9 Å². The number of rotatable bonds is 2. The van der Waals surface area contributed by atoms with Crippen LogP contribution in [0.4, 0.5) is 13.2 Å². The fourth-order valence-electron chi connectivity index (χ4n) is 1.54. The van der Waals surface area contributed by atoms with Crippen molar-refractivity contribution in [2.75, 3.05) is 0 Å². The van der Waals surface area contributed by atoms with Gasteiger partial charge in [0.05, 0.1) is 0 Å². The molecule has 0 saturated heterocycles. The number of nitrogens with one attached hydrogen (secondary N) is 2. The summed E-state index contributed by atoms with van der Waals surface area (Å²) in [4.78, 5) is 2.30. The molecule has 3 nitrogen and oxygen atoms in total. The Morgan fingerprint density at radius 2 is 2.00 bits per heavy atom. The molecule has 0 saturated carbocycles. The van der Waals surface area contributed by atoms with Gasteiger partial charge in [-0.05, 0) is 23.8 Å². The van der Waals surface area contributed by atoms with Gasteiger partial charge in [-0.25, -0.2) is 5.48 Å². The van der Waals surface area contributed by atoms with E-state index in [-0.39, 0.29) is 6.54 Å². The molecule has 0 fully saturated rings. The zero-order valence-electron chi connectivity index (χ0n) is 8.10. The highest BCUT2D eigenvalue weighted by molar-refractivity contribution is 5.81. The first-order valence-corrected chi connectivity index (χ1v) is 4.56. The van der Waals surface area contributed by atoms with E-state index in [9.17, 15) is 13.2 Å². The van der Waals surface area contributed by atoms with Crippen LogP contribution in [0.3, 0.4) is 0 Å². The monoisotopic (exact) mass is 230 g/mol. The summed E-state index contributed by atoms with van der Waals surface area (Å²) in [6.07, 6.45) is -4.37. The number of benzene rings is 1. The first-order chi connectivity index (χ1) is 7.50. The van der Waals surface area contributed by atoms with E-state index in [1.54, 1.807) is 18.2 Å². The van der Waals surface area contributed by atoms with E-state index in [0.717, 1.165) is 6.07 Å². The Hall–Kier alpha value is -1.53. The Labute approximate surface area is 88.8 Å². The van der Waals surface area contributed by atoms with Crippen molar-refractivity contribution in [1.82, 2.24) is 10.5 Å². The second-order valence-corrected chi connectivity index (χ2v) is 3.44. The van der Waals surface area contributed by atoms with Crippen molar-refractivity contribution in [3.8, 4) is 0 Å². The highest BCUT2D eigenvalue weighted by atomic mass is 19.4. The maximum atomic E-state index is 12.4. The van der Waals surface area contributed by atoms with E-state index in [1.807, 2.05) is 5.48 Å². The topological polar surface area (TPSA) is 48.0 Å². The number of fused-ring (bicyclic) bond motifs is 1. The van der Waals surface area contributed by atoms with Crippen molar-refractivity contribution in [2.24, 2.45) is 0 Å². The summed E-state index contributed by atoms with van der Waals surface area (Å²) in [6.45, 7) is 0.197. The van der Waals surface area contributed by atoms with Gasteiger partial charge < -0.3 is 10.2 Å². The van der Waals surface area contributed by atoms with Crippen molar-refractivity contribution in [3.05, 3.63) is 35.5 Å². The lowest BCUT2D eigenvalue weighted by atomic mass is 10.1. The third kappa shape index (κ3) is 2.02. The third-order valence-corrected chi connectivity index (χ3v) is 2.27. The SMILES string of the molecule is ONCc1ccc2[nH]c(C(F)(F)F)cc2c1. The standard InChI is InChI=1S/C10H9F3N2O/c11-10(12,13)9-4-7-3-6(5-14-16)1-2-8(7)15-9/h1-4,14-16H,5H2. The number of aromatic nitrogens is 1. The molecule has 6 heteroatoms. The molecule has 1 aromatic heterocycles. The first kappa shape index (κ1) is 11.0. The van der Waals surface area contributed by atoms with E-state index in [4.69, 9.17) is 5.21 Å². The zero-order valence-corrected chi connectivity index (χ0v) is 8.10. The molecular formula is C10H9F3N2O. The van der Waals surface area contributed by atoms with E-state index in [0.29, 0.717) is 16.5 Å². The number of hydroxylamine groups is 1. The van der Waals surface area contributed by atoms with Crippen LogP contribution < -0.4 is 5.48 Å². The highest BCUT2D eigenvalue weighted by Crippen LogP contribution is 2.31. The zero-order chi connectivity index (χ0) is 11.8. The lowest BCUT2D eigenvalue weighted by Gasteiger charge is -2.00.